The molecule has 0 aliphatic carbocycles. The highest BCUT2D eigenvalue weighted by molar-refractivity contribution is 6.01. The first-order valence-electron chi connectivity index (χ1n) is 9.66. The Bertz CT molecular complexity index is 1300. The van der Waals surface area contributed by atoms with Gasteiger partial charge in [-0.15, -0.1) is 0 Å². The molecule has 1 amide bonds. The Hall–Kier alpha value is -4.20. The Balaban J connectivity index is 1.60. The van der Waals surface area contributed by atoms with E-state index < -0.39 is 5.76 Å². The van der Waals surface area contributed by atoms with Crippen molar-refractivity contribution in [1.29, 1.82) is 0 Å². The number of rotatable bonds is 6. The molecule has 4 aromatic rings. The van der Waals surface area contributed by atoms with Gasteiger partial charge in [0.15, 0.2) is 11.6 Å². The summed E-state index contributed by atoms with van der Waals surface area (Å²) < 4.78 is 7.56. The van der Waals surface area contributed by atoms with E-state index in [4.69, 9.17) is 4.52 Å². The van der Waals surface area contributed by atoms with Crippen molar-refractivity contribution in [3.05, 3.63) is 99.8 Å². The molecule has 0 saturated heterocycles. The number of carbonyl (C=O) groups excluding carboxylic acids is 2. The van der Waals surface area contributed by atoms with Gasteiger partial charge < -0.3 is 0 Å². The minimum absolute atomic E-state index is 0.233. The van der Waals surface area contributed by atoms with E-state index in [9.17, 15) is 14.4 Å². The minimum atomic E-state index is -0.710. The topological polar surface area (TPSA) is 99.1 Å². The quantitative estimate of drug-likeness (QED) is 0.487. The van der Waals surface area contributed by atoms with Gasteiger partial charge in [-0.2, -0.15) is 0 Å². The van der Waals surface area contributed by atoms with Crippen molar-refractivity contribution in [3.63, 3.8) is 0 Å². The molecule has 0 spiro atoms. The third kappa shape index (κ3) is 3.95. The smallest absolute Gasteiger partial charge is 0.295 e. The van der Waals surface area contributed by atoms with Crippen LogP contribution in [0.5, 0.6) is 0 Å². The van der Waals surface area contributed by atoms with Gasteiger partial charge in [0.1, 0.15) is 0 Å². The standard InChI is InChI=1S/C23H20N4O4/c1-15-13-19(16(2)27(15)24-22(29)18-11-7-4-8-12-18)20(28)14-26-21(25-31-23(26)30)17-9-5-3-6-10-17/h3-13H,14H2,1-2H3,(H,24,29). The average Bonchev–Trinajstić information content (AvgIpc) is 3.29. The molecule has 31 heavy (non-hydrogen) atoms. The normalized spacial score (nSPS) is 10.8. The van der Waals surface area contributed by atoms with E-state index in [1.807, 2.05) is 24.3 Å². The van der Waals surface area contributed by atoms with Crippen LogP contribution in [-0.4, -0.2) is 26.1 Å². The van der Waals surface area contributed by atoms with Crippen LogP contribution in [0.4, 0.5) is 0 Å². The van der Waals surface area contributed by atoms with Crippen LogP contribution in [0.2, 0.25) is 0 Å². The molecule has 2 aromatic carbocycles. The summed E-state index contributed by atoms with van der Waals surface area (Å²) in [6.07, 6.45) is 0. The zero-order valence-electron chi connectivity index (χ0n) is 17.0. The largest absolute Gasteiger partial charge is 0.442 e. The maximum atomic E-state index is 13.0. The van der Waals surface area contributed by atoms with Crippen molar-refractivity contribution >= 4 is 11.7 Å². The molecule has 0 atom stereocenters. The second-order valence-electron chi connectivity index (χ2n) is 7.07. The number of Topliss-reactive ketones (excluding diaryl/α,β-unsaturated/α-hetero) is 1. The zero-order valence-corrected chi connectivity index (χ0v) is 17.0. The molecule has 2 heterocycles. The molecule has 0 fully saturated rings. The molecule has 2 aromatic heterocycles. The Morgan fingerprint density at radius 3 is 2.32 bits per heavy atom. The van der Waals surface area contributed by atoms with Gasteiger partial charge in [0.2, 0.25) is 0 Å². The van der Waals surface area contributed by atoms with Crippen molar-refractivity contribution in [2.24, 2.45) is 0 Å². The molecule has 0 radical (unpaired) electrons. The van der Waals surface area contributed by atoms with Crippen LogP contribution in [0.15, 0.2) is 76.0 Å². The molecular weight excluding hydrogens is 396 g/mol. The van der Waals surface area contributed by atoms with E-state index in [-0.39, 0.29) is 24.1 Å². The van der Waals surface area contributed by atoms with Crippen molar-refractivity contribution in [2.45, 2.75) is 20.4 Å². The number of nitrogens with one attached hydrogen (secondary N) is 1. The lowest BCUT2D eigenvalue weighted by Gasteiger charge is -2.11. The van der Waals surface area contributed by atoms with Crippen LogP contribution < -0.4 is 11.2 Å². The van der Waals surface area contributed by atoms with Crippen LogP contribution in [-0.2, 0) is 6.54 Å². The number of hydrogen-bond acceptors (Lipinski definition) is 5. The predicted octanol–water partition coefficient (Wildman–Crippen LogP) is 3.19. The molecular formula is C23H20N4O4. The van der Waals surface area contributed by atoms with Crippen molar-refractivity contribution in [2.75, 3.05) is 5.43 Å². The summed E-state index contributed by atoms with van der Waals surface area (Å²) in [5.41, 5.74) is 5.63. The Kier molecular flexibility index (Phi) is 5.36. The second kappa shape index (κ2) is 8.27. The van der Waals surface area contributed by atoms with Crippen LogP contribution >= 0.6 is 0 Å². The number of ketones is 1. The van der Waals surface area contributed by atoms with Gasteiger partial charge in [0.05, 0.1) is 6.54 Å². The Morgan fingerprint density at radius 2 is 1.65 bits per heavy atom. The lowest BCUT2D eigenvalue weighted by atomic mass is 10.1. The van der Waals surface area contributed by atoms with E-state index in [1.165, 1.54) is 4.57 Å². The number of nitrogens with zero attached hydrogens (tertiary/aromatic N) is 3. The van der Waals surface area contributed by atoms with Gasteiger partial charge >= 0.3 is 5.76 Å². The molecule has 0 saturated carbocycles. The molecule has 4 rings (SSSR count). The second-order valence-corrected chi connectivity index (χ2v) is 7.07. The van der Waals surface area contributed by atoms with Gasteiger partial charge in [-0.25, -0.2) is 9.36 Å². The van der Waals surface area contributed by atoms with Gasteiger partial charge in [-0.05, 0) is 32.0 Å². The number of aryl methyl sites for hydroxylation is 1. The first kappa shape index (κ1) is 20.1. The van der Waals surface area contributed by atoms with Crippen LogP contribution in [0.3, 0.4) is 0 Å². The highest BCUT2D eigenvalue weighted by Gasteiger charge is 2.21. The summed E-state index contributed by atoms with van der Waals surface area (Å²) in [6, 6.07) is 19.5. The van der Waals surface area contributed by atoms with E-state index in [2.05, 4.69) is 10.6 Å². The maximum Gasteiger partial charge on any atom is 0.442 e. The summed E-state index contributed by atoms with van der Waals surface area (Å²) >= 11 is 0. The molecule has 0 bridgehead atoms. The Morgan fingerprint density at radius 1 is 1.00 bits per heavy atom. The zero-order chi connectivity index (χ0) is 22.0. The van der Waals surface area contributed by atoms with Gasteiger partial charge in [0.25, 0.3) is 5.91 Å². The summed E-state index contributed by atoms with van der Waals surface area (Å²) in [5, 5.41) is 3.81. The van der Waals surface area contributed by atoms with Crippen LogP contribution in [0, 0.1) is 13.8 Å². The molecule has 8 nitrogen and oxygen atoms in total. The molecule has 0 aliphatic rings. The molecule has 8 heteroatoms. The van der Waals surface area contributed by atoms with E-state index in [0.29, 0.717) is 28.1 Å². The first-order valence-corrected chi connectivity index (χ1v) is 9.66. The number of benzene rings is 2. The fourth-order valence-corrected chi connectivity index (χ4v) is 3.40. The molecule has 1 N–H and O–H groups in total. The monoisotopic (exact) mass is 416 g/mol. The summed E-state index contributed by atoms with van der Waals surface area (Å²) in [5.74, 6) is -1.01. The number of amides is 1. The van der Waals surface area contributed by atoms with Gasteiger partial charge in [-0.3, -0.25) is 24.2 Å². The predicted molar refractivity (Wildman–Crippen MR) is 115 cm³/mol. The molecule has 0 unspecified atom stereocenters. The van der Waals surface area contributed by atoms with Crippen LogP contribution in [0.1, 0.15) is 32.1 Å². The fourth-order valence-electron chi connectivity index (χ4n) is 3.40. The number of carbonyl (C=O) groups is 2. The molecule has 156 valence electrons. The summed E-state index contributed by atoms with van der Waals surface area (Å²) in [7, 11) is 0. The van der Waals surface area contributed by atoms with Gasteiger partial charge in [-0.1, -0.05) is 53.7 Å². The van der Waals surface area contributed by atoms with E-state index >= 15 is 0 Å². The summed E-state index contributed by atoms with van der Waals surface area (Å²) in [6.45, 7) is 3.29. The van der Waals surface area contributed by atoms with Crippen LogP contribution in [0.25, 0.3) is 11.4 Å². The first-order chi connectivity index (χ1) is 15.0. The number of hydrogen-bond donors (Lipinski definition) is 1. The SMILES string of the molecule is Cc1cc(C(=O)Cn2c(-c3ccccc3)noc2=O)c(C)n1NC(=O)c1ccccc1. The lowest BCUT2D eigenvalue weighted by Crippen LogP contribution is -2.25. The maximum absolute atomic E-state index is 13.0. The Labute approximate surface area is 177 Å². The van der Waals surface area contributed by atoms with Gasteiger partial charge in [0, 0.05) is 28.1 Å². The van der Waals surface area contributed by atoms with Crippen molar-refractivity contribution in [3.8, 4) is 11.4 Å². The fraction of sp³-hybridized carbons (Fsp3) is 0.130. The van der Waals surface area contributed by atoms with E-state index in [1.54, 1.807) is 61.0 Å². The highest BCUT2D eigenvalue weighted by Crippen LogP contribution is 2.18. The average molecular weight is 416 g/mol. The van der Waals surface area contributed by atoms with E-state index in [0.717, 1.165) is 0 Å². The highest BCUT2D eigenvalue weighted by atomic mass is 16.5. The van der Waals surface area contributed by atoms with Crippen molar-refractivity contribution < 1.29 is 14.1 Å². The minimum Gasteiger partial charge on any atom is -0.295 e. The summed E-state index contributed by atoms with van der Waals surface area (Å²) in [4.78, 5) is 37.7. The lowest BCUT2D eigenvalue weighted by molar-refractivity contribution is 0.0965. The third-order valence-electron chi connectivity index (χ3n) is 5.00. The number of aromatic nitrogens is 3. The third-order valence-corrected chi connectivity index (χ3v) is 5.00. The van der Waals surface area contributed by atoms with Crippen molar-refractivity contribution in [1.82, 2.24) is 14.4 Å². The molecule has 0 aliphatic heterocycles.